The van der Waals surface area contributed by atoms with Crippen molar-refractivity contribution in [2.75, 3.05) is 6.61 Å². The number of aromatic nitrogens is 1. The molecule has 0 atom stereocenters. The summed E-state index contributed by atoms with van der Waals surface area (Å²) in [5, 5.41) is 9.05. The number of hydrogen-bond acceptors (Lipinski definition) is 3. The monoisotopic (exact) mass is 149 g/mol. The molecular weight excluding hydrogens is 142 g/mol. The van der Waals surface area contributed by atoms with Crippen LogP contribution in [0.3, 0.4) is 0 Å². The summed E-state index contributed by atoms with van der Waals surface area (Å²) in [7, 11) is 0. The normalized spacial score (nSPS) is 14.7. The Balaban J connectivity index is 2.51. The van der Waals surface area contributed by atoms with Crippen molar-refractivity contribution in [3.05, 3.63) is 29.8 Å². The van der Waals surface area contributed by atoms with Crippen LogP contribution in [0.4, 0.5) is 0 Å². The fourth-order valence-corrected chi connectivity index (χ4v) is 0.984. The van der Waals surface area contributed by atoms with Crippen LogP contribution < -0.4 is 4.74 Å². The lowest BCUT2D eigenvalue weighted by Gasteiger charge is -2.12. The summed E-state index contributed by atoms with van der Waals surface area (Å²) in [4.78, 5) is 4.01. The van der Waals surface area contributed by atoms with Gasteiger partial charge in [0.25, 0.3) is 0 Å². The number of nitrogens with zero attached hydrogens (tertiary/aromatic N) is 1. The van der Waals surface area contributed by atoms with E-state index < -0.39 is 0 Å². The molecule has 2 rings (SSSR count). The van der Waals surface area contributed by atoms with E-state index in [4.69, 9.17) is 9.84 Å². The number of hydrogen-bond donors (Lipinski definition) is 1. The summed E-state index contributed by atoms with van der Waals surface area (Å²) in [6, 6.07) is 3.63. The van der Waals surface area contributed by atoms with Gasteiger partial charge in [0, 0.05) is 12.3 Å². The zero-order chi connectivity index (χ0) is 7.68. The molecule has 1 aliphatic heterocycles. The van der Waals surface area contributed by atoms with E-state index >= 15 is 0 Å². The average Bonchev–Trinajstić information content (AvgIpc) is 2.04. The number of rotatable bonds is 0. The van der Waals surface area contributed by atoms with Crippen molar-refractivity contribution < 1.29 is 9.84 Å². The van der Waals surface area contributed by atoms with Crippen molar-refractivity contribution in [3.8, 4) is 5.75 Å². The molecule has 1 aromatic rings. The van der Waals surface area contributed by atoms with Crippen LogP contribution in [0.15, 0.2) is 24.1 Å². The molecule has 1 aliphatic rings. The third-order valence-corrected chi connectivity index (χ3v) is 1.48. The SMILES string of the molecule is OC1=Cc2ncccc2OC1. The molecule has 0 bridgehead atoms. The van der Waals surface area contributed by atoms with Gasteiger partial charge in [-0.2, -0.15) is 0 Å². The van der Waals surface area contributed by atoms with E-state index in [0.717, 1.165) is 5.75 Å². The number of aliphatic hydroxyl groups excluding tert-OH is 1. The number of ether oxygens (including phenoxy) is 1. The van der Waals surface area contributed by atoms with Gasteiger partial charge in [-0.05, 0) is 12.1 Å². The second kappa shape index (κ2) is 2.27. The second-order valence-electron chi connectivity index (χ2n) is 2.31. The van der Waals surface area contributed by atoms with Gasteiger partial charge in [0.05, 0.1) is 0 Å². The number of pyridine rings is 1. The first-order chi connectivity index (χ1) is 5.36. The Hall–Kier alpha value is -1.51. The third-order valence-electron chi connectivity index (χ3n) is 1.48. The molecule has 0 fully saturated rings. The van der Waals surface area contributed by atoms with Crippen LogP contribution in [0.25, 0.3) is 6.08 Å². The quantitative estimate of drug-likeness (QED) is 0.605. The van der Waals surface area contributed by atoms with Crippen molar-refractivity contribution >= 4 is 6.08 Å². The van der Waals surface area contributed by atoms with Gasteiger partial charge in [0.1, 0.15) is 23.8 Å². The molecule has 2 heterocycles. The Morgan fingerprint density at radius 3 is 3.36 bits per heavy atom. The van der Waals surface area contributed by atoms with E-state index in [0.29, 0.717) is 5.69 Å². The zero-order valence-corrected chi connectivity index (χ0v) is 5.82. The Kier molecular flexibility index (Phi) is 1.28. The highest BCUT2D eigenvalue weighted by molar-refractivity contribution is 5.56. The van der Waals surface area contributed by atoms with Crippen molar-refractivity contribution in [3.63, 3.8) is 0 Å². The molecule has 0 saturated carbocycles. The fourth-order valence-electron chi connectivity index (χ4n) is 0.984. The smallest absolute Gasteiger partial charge is 0.145 e. The van der Waals surface area contributed by atoms with Gasteiger partial charge in [-0.15, -0.1) is 0 Å². The summed E-state index contributed by atoms with van der Waals surface area (Å²) in [6.07, 6.45) is 3.27. The second-order valence-corrected chi connectivity index (χ2v) is 2.31. The van der Waals surface area contributed by atoms with E-state index in [9.17, 15) is 0 Å². The standard InChI is InChI=1S/C8H7NO2/c10-6-4-7-8(11-5-6)2-1-3-9-7/h1-4,10H,5H2. The van der Waals surface area contributed by atoms with E-state index in [1.54, 1.807) is 18.3 Å². The van der Waals surface area contributed by atoms with Gasteiger partial charge < -0.3 is 9.84 Å². The Bertz CT molecular complexity index is 307. The molecule has 3 nitrogen and oxygen atoms in total. The lowest BCUT2D eigenvalue weighted by atomic mass is 10.2. The van der Waals surface area contributed by atoms with Gasteiger partial charge in [-0.25, -0.2) is 0 Å². The number of aliphatic hydroxyl groups is 1. The van der Waals surface area contributed by atoms with Crippen molar-refractivity contribution in [1.29, 1.82) is 0 Å². The maximum atomic E-state index is 9.05. The summed E-state index contributed by atoms with van der Waals surface area (Å²) in [6.45, 7) is 0.249. The molecule has 0 spiro atoms. The first-order valence-electron chi connectivity index (χ1n) is 3.33. The molecule has 0 amide bonds. The van der Waals surface area contributed by atoms with Crippen LogP contribution >= 0.6 is 0 Å². The van der Waals surface area contributed by atoms with E-state index in [-0.39, 0.29) is 12.4 Å². The predicted octanol–water partition coefficient (Wildman–Crippen LogP) is 1.37. The van der Waals surface area contributed by atoms with Gasteiger partial charge in [-0.1, -0.05) is 0 Å². The first kappa shape index (κ1) is 6.22. The highest BCUT2D eigenvalue weighted by Crippen LogP contribution is 2.21. The maximum Gasteiger partial charge on any atom is 0.145 e. The molecule has 11 heavy (non-hydrogen) atoms. The maximum absolute atomic E-state index is 9.05. The van der Waals surface area contributed by atoms with Gasteiger partial charge in [-0.3, -0.25) is 4.98 Å². The Morgan fingerprint density at radius 2 is 2.45 bits per heavy atom. The van der Waals surface area contributed by atoms with Crippen LogP contribution in [-0.2, 0) is 0 Å². The summed E-state index contributed by atoms with van der Waals surface area (Å²) >= 11 is 0. The first-order valence-corrected chi connectivity index (χ1v) is 3.33. The van der Waals surface area contributed by atoms with E-state index in [1.807, 2.05) is 6.07 Å². The highest BCUT2D eigenvalue weighted by Gasteiger charge is 2.09. The fraction of sp³-hybridized carbons (Fsp3) is 0.125. The van der Waals surface area contributed by atoms with Crippen molar-refractivity contribution in [2.45, 2.75) is 0 Å². The molecule has 0 aliphatic carbocycles. The average molecular weight is 149 g/mol. The zero-order valence-electron chi connectivity index (χ0n) is 5.82. The molecule has 3 heteroatoms. The van der Waals surface area contributed by atoms with Gasteiger partial charge in [0.15, 0.2) is 0 Å². The molecule has 0 saturated heterocycles. The molecule has 56 valence electrons. The minimum Gasteiger partial charge on any atom is -0.509 e. The Labute approximate surface area is 64.0 Å². The van der Waals surface area contributed by atoms with Crippen molar-refractivity contribution in [1.82, 2.24) is 4.98 Å². The predicted molar refractivity (Wildman–Crippen MR) is 40.3 cm³/mol. The van der Waals surface area contributed by atoms with Crippen LogP contribution in [0.5, 0.6) is 5.75 Å². The molecule has 0 aromatic carbocycles. The van der Waals surface area contributed by atoms with Crippen molar-refractivity contribution in [2.24, 2.45) is 0 Å². The third kappa shape index (κ3) is 1.05. The van der Waals surface area contributed by atoms with Gasteiger partial charge >= 0.3 is 0 Å². The van der Waals surface area contributed by atoms with Gasteiger partial charge in [0.2, 0.25) is 0 Å². The van der Waals surface area contributed by atoms with E-state index in [1.165, 1.54) is 0 Å². The van der Waals surface area contributed by atoms with Crippen LogP contribution in [0.2, 0.25) is 0 Å². The molecule has 0 radical (unpaired) electrons. The molecule has 0 unspecified atom stereocenters. The topological polar surface area (TPSA) is 42.4 Å². The summed E-state index contributed by atoms with van der Waals surface area (Å²) in [5.74, 6) is 0.946. The minimum atomic E-state index is 0.219. The summed E-state index contributed by atoms with van der Waals surface area (Å²) in [5.41, 5.74) is 0.691. The number of fused-ring (bicyclic) bond motifs is 1. The molecule has 1 aromatic heterocycles. The lowest BCUT2D eigenvalue weighted by Crippen LogP contribution is -2.07. The molecule has 1 N–H and O–H groups in total. The van der Waals surface area contributed by atoms with Crippen LogP contribution in [-0.4, -0.2) is 16.7 Å². The minimum absolute atomic E-state index is 0.219. The largest absolute Gasteiger partial charge is 0.509 e. The van der Waals surface area contributed by atoms with Crippen LogP contribution in [0, 0.1) is 0 Å². The summed E-state index contributed by atoms with van der Waals surface area (Å²) < 4.78 is 5.15. The van der Waals surface area contributed by atoms with E-state index in [2.05, 4.69) is 4.98 Å². The highest BCUT2D eigenvalue weighted by atomic mass is 16.5. The Morgan fingerprint density at radius 1 is 1.55 bits per heavy atom. The lowest BCUT2D eigenvalue weighted by molar-refractivity contribution is 0.266. The molecular formula is C8H7NO2. The van der Waals surface area contributed by atoms with Crippen LogP contribution in [0.1, 0.15) is 5.69 Å².